The summed E-state index contributed by atoms with van der Waals surface area (Å²) in [5.41, 5.74) is 0. The average Bonchev–Trinajstić information content (AvgIpc) is 2.75. The Morgan fingerprint density at radius 3 is 2.83 bits per heavy atom. The van der Waals surface area contributed by atoms with Gasteiger partial charge in [0.1, 0.15) is 0 Å². The largest absolute Gasteiger partial charge is 0.383 e. The van der Waals surface area contributed by atoms with E-state index in [4.69, 9.17) is 4.74 Å². The highest BCUT2D eigenvalue weighted by Gasteiger charge is 2.28. The van der Waals surface area contributed by atoms with Gasteiger partial charge in [0.05, 0.1) is 18.7 Å². The summed E-state index contributed by atoms with van der Waals surface area (Å²) < 4.78 is 7.01. The van der Waals surface area contributed by atoms with Gasteiger partial charge in [-0.1, -0.05) is 6.42 Å². The van der Waals surface area contributed by atoms with Crippen LogP contribution >= 0.6 is 0 Å². The molecular formula is C12H23N5O. The molecule has 1 fully saturated rings. The van der Waals surface area contributed by atoms with Crippen molar-refractivity contribution in [2.75, 3.05) is 20.3 Å². The van der Waals surface area contributed by atoms with Crippen LogP contribution < -0.4 is 5.32 Å². The Balaban J connectivity index is 1.97. The zero-order chi connectivity index (χ0) is 13.0. The first-order valence-corrected chi connectivity index (χ1v) is 6.74. The fourth-order valence-electron chi connectivity index (χ4n) is 2.37. The van der Waals surface area contributed by atoms with E-state index in [-0.39, 0.29) is 6.04 Å². The third-order valence-electron chi connectivity index (χ3n) is 3.88. The standard InChI is InChI=1S/C12H23N5O/c1-9(13-7-8-18-3)12-14-15-16-17(12)10(2)11-5-4-6-11/h9-11,13H,4-8H2,1-3H3. The highest BCUT2D eigenvalue weighted by molar-refractivity contribution is 4.93. The predicted octanol–water partition coefficient (Wildman–Crippen LogP) is 1.33. The van der Waals surface area contributed by atoms with E-state index in [0.717, 1.165) is 18.3 Å². The lowest BCUT2D eigenvalue weighted by Gasteiger charge is -2.32. The first-order valence-electron chi connectivity index (χ1n) is 6.74. The van der Waals surface area contributed by atoms with E-state index >= 15 is 0 Å². The Bertz CT molecular complexity index is 363. The lowest BCUT2D eigenvalue weighted by molar-refractivity contribution is 0.190. The van der Waals surface area contributed by atoms with E-state index in [2.05, 4.69) is 34.7 Å². The molecule has 6 heteroatoms. The molecule has 2 rings (SSSR count). The molecule has 0 saturated heterocycles. The minimum Gasteiger partial charge on any atom is -0.383 e. The molecule has 1 saturated carbocycles. The van der Waals surface area contributed by atoms with Gasteiger partial charge < -0.3 is 10.1 Å². The maximum Gasteiger partial charge on any atom is 0.168 e. The number of nitrogens with one attached hydrogen (secondary N) is 1. The van der Waals surface area contributed by atoms with Gasteiger partial charge in [-0.2, -0.15) is 0 Å². The molecule has 1 heterocycles. The van der Waals surface area contributed by atoms with E-state index in [9.17, 15) is 0 Å². The number of nitrogens with zero attached hydrogens (tertiary/aromatic N) is 4. The van der Waals surface area contributed by atoms with Crippen LogP contribution in [0.5, 0.6) is 0 Å². The minimum atomic E-state index is 0.151. The molecule has 1 aliphatic carbocycles. The Kier molecular flexibility index (Phi) is 4.66. The summed E-state index contributed by atoms with van der Waals surface area (Å²) in [6, 6.07) is 0.549. The first-order chi connectivity index (χ1) is 8.74. The summed E-state index contributed by atoms with van der Waals surface area (Å²) in [6.45, 7) is 5.81. The Morgan fingerprint density at radius 1 is 1.44 bits per heavy atom. The van der Waals surface area contributed by atoms with Gasteiger partial charge in [-0.25, -0.2) is 4.68 Å². The van der Waals surface area contributed by atoms with E-state index in [1.807, 2.05) is 4.68 Å². The Morgan fingerprint density at radius 2 is 2.22 bits per heavy atom. The van der Waals surface area contributed by atoms with Crippen molar-refractivity contribution in [2.45, 2.75) is 45.2 Å². The maximum absolute atomic E-state index is 5.03. The molecule has 0 aliphatic heterocycles. The number of hydrogen-bond donors (Lipinski definition) is 1. The van der Waals surface area contributed by atoms with Crippen molar-refractivity contribution < 1.29 is 4.74 Å². The zero-order valence-electron chi connectivity index (χ0n) is 11.5. The predicted molar refractivity (Wildman–Crippen MR) is 68.2 cm³/mol. The molecule has 0 radical (unpaired) electrons. The molecule has 1 aromatic rings. The molecule has 2 atom stereocenters. The van der Waals surface area contributed by atoms with Crippen LogP contribution in [-0.2, 0) is 4.74 Å². The molecule has 0 amide bonds. The molecule has 102 valence electrons. The van der Waals surface area contributed by atoms with Crippen LogP contribution in [0, 0.1) is 5.92 Å². The fourth-order valence-corrected chi connectivity index (χ4v) is 2.37. The highest BCUT2D eigenvalue weighted by Crippen LogP contribution is 2.36. The van der Waals surface area contributed by atoms with Crippen LogP contribution in [0.3, 0.4) is 0 Å². The second kappa shape index (κ2) is 6.24. The van der Waals surface area contributed by atoms with Crippen molar-refractivity contribution in [3.05, 3.63) is 5.82 Å². The normalized spacial score (nSPS) is 19.5. The lowest BCUT2D eigenvalue weighted by atomic mass is 9.80. The van der Waals surface area contributed by atoms with E-state index in [0.29, 0.717) is 12.6 Å². The smallest absolute Gasteiger partial charge is 0.168 e. The summed E-state index contributed by atoms with van der Waals surface area (Å²) in [5.74, 6) is 1.66. The second-order valence-corrected chi connectivity index (χ2v) is 5.08. The van der Waals surface area contributed by atoms with Crippen LogP contribution in [0.1, 0.15) is 51.0 Å². The summed E-state index contributed by atoms with van der Waals surface area (Å²) in [7, 11) is 1.70. The van der Waals surface area contributed by atoms with Crippen molar-refractivity contribution >= 4 is 0 Å². The second-order valence-electron chi connectivity index (χ2n) is 5.08. The molecule has 1 aliphatic rings. The molecule has 6 nitrogen and oxygen atoms in total. The van der Waals surface area contributed by atoms with Crippen LogP contribution in [0.2, 0.25) is 0 Å². The molecule has 2 unspecified atom stereocenters. The van der Waals surface area contributed by atoms with E-state index < -0.39 is 0 Å². The van der Waals surface area contributed by atoms with Crippen molar-refractivity contribution in [2.24, 2.45) is 5.92 Å². The fraction of sp³-hybridized carbons (Fsp3) is 0.917. The molecule has 0 bridgehead atoms. The quantitative estimate of drug-likeness (QED) is 0.743. The van der Waals surface area contributed by atoms with Crippen molar-refractivity contribution in [1.29, 1.82) is 0 Å². The molecular weight excluding hydrogens is 230 g/mol. The number of ether oxygens (including phenoxy) is 1. The van der Waals surface area contributed by atoms with Gasteiger partial charge in [-0.05, 0) is 43.0 Å². The van der Waals surface area contributed by atoms with Crippen LogP contribution in [0.15, 0.2) is 0 Å². The van der Waals surface area contributed by atoms with Gasteiger partial charge >= 0.3 is 0 Å². The van der Waals surface area contributed by atoms with Gasteiger partial charge in [0.25, 0.3) is 0 Å². The van der Waals surface area contributed by atoms with E-state index in [1.165, 1.54) is 19.3 Å². The third-order valence-corrected chi connectivity index (χ3v) is 3.88. The molecule has 0 aromatic carbocycles. The lowest BCUT2D eigenvalue weighted by Crippen LogP contribution is -2.30. The topological polar surface area (TPSA) is 64.9 Å². The highest BCUT2D eigenvalue weighted by atomic mass is 16.5. The molecule has 1 aromatic heterocycles. The van der Waals surface area contributed by atoms with Crippen LogP contribution in [0.4, 0.5) is 0 Å². The van der Waals surface area contributed by atoms with Crippen molar-refractivity contribution in [1.82, 2.24) is 25.5 Å². The number of hydrogen-bond acceptors (Lipinski definition) is 5. The third kappa shape index (κ3) is 2.87. The molecule has 0 spiro atoms. The van der Waals surface area contributed by atoms with Gasteiger partial charge in [0, 0.05) is 13.7 Å². The average molecular weight is 253 g/mol. The minimum absolute atomic E-state index is 0.151. The van der Waals surface area contributed by atoms with Gasteiger partial charge in [-0.15, -0.1) is 5.10 Å². The monoisotopic (exact) mass is 253 g/mol. The summed E-state index contributed by atoms with van der Waals surface area (Å²) in [5, 5.41) is 15.5. The summed E-state index contributed by atoms with van der Waals surface area (Å²) >= 11 is 0. The molecule has 1 N–H and O–H groups in total. The van der Waals surface area contributed by atoms with Crippen LogP contribution in [0.25, 0.3) is 0 Å². The Labute approximate surface area is 108 Å². The number of aromatic nitrogens is 4. The number of tetrazole rings is 1. The summed E-state index contributed by atoms with van der Waals surface area (Å²) in [6.07, 6.45) is 3.94. The number of rotatable bonds is 7. The summed E-state index contributed by atoms with van der Waals surface area (Å²) in [4.78, 5) is 0. The Hall–Kier alpha value is -1.01. The van der Waals surface area contributed by atoms with Crippen molar-refractivity contribution in [3.63, 3.8) is 0 Å². The van der Waals surface area contributed by atoms with Crippen molar-refractivity contribution in [3.8, 4) is 0 Å². The van der Waals surface area contributed by atoms with Gasteiger partial charge in [0.2, 0.25) is 0 Å². The maximum atomic E-state index is 5.03. The zero-order valence-corrected chi connectivity index (χ0v) is 11.5. The van der Waals surface area contributed by atoms with E-state index in [1.54, 1.807) is 7.11 Å². The molecule has 18 heavy (non-hydrogen) atoms. The first kappa shape index (κ1) is 13.4. The van der Waals surface area contributed by atoms with Crippen LogP contribution in [-0.4, -0.2) is 40.5 Å². The van der Waals surface area contributed by atoms with Gasteiger partial charge in [0.15, 0.2) is 5.82 Å². The number of methoxy groups -OCH3 is 1. The van der Waals surface area contributed by atoms with Gasteiger partial charge in [-0.3, -0.25) is 0 Å². The SMILES string of the molecule is COCCNC(C)c1nnnn1C(C)C1CCC1.